The van der Waals surface area contributed by atoms with Gasteiger partial charge in [-0.05, 0) is 0 Å². The van der Waals surface area contributed by atoms with E-state index in [4.69, 9.17) is 17.3 Å². The third kappa shape index (κ3) is 1.09. The van der Waals surface area contributed by atoms with Crippen LogP contribution in [0, 0.1) is 0 Å². The lowest BCUT2D eigenvalue weighted by atomic mass is 10.3. The maximum Gasteiger partial charge on any atom is 0.272 e. The number of aromatic nitrogens is 5. The van der Waals surface area contributed by atoms with Crippen molar-refractivity contribution in [1.82, 2.24) is 24.7 Å². The predicted octanol–water partition coefficient (Wildman–Crippen LogP) is -1.78. The molecule has 0 aromatic carbocycles. The molecule has 0 radical (unpaired) electrons. The molecular formula is C6H10N8. The number of rotatable bonds is 2. The van der Waals surface area contributed by atoms with Crippen molar-refractivity contribution < 1.29 is 0 Å². The molecule has 2 aromatic heterocycles. The van der Waals surface area contributed by atoms with Crippen LogP contribution in [0.25, 0.3) is 5.95 Å². The maximum atomic E-state index is 5.76. The van der Waals surface area contributed by atoms with Crippen LogP contribution in [0.1, 0.15) is 5.56 Å². The highest BCUT2D eigenvalue weighted by molar-refractivity contribution is 5.42. The molecule has 2 heterocycles. The standard InChI is InChI=1S/C6H10N8/c7-1-4-2-11-14(5(4)8)6-12-10-3-13(6)9/h2-3H,1,7-9H2. The number of nitrogen functional groups attached to an aromatic ring is 2. The van der Waals surface area contributed by atoms with Crippen LogP contribution in [0.15, 0.2) is 12.5 Å². The van der Waals surface area contributed by atoms with Gasteiger partial charge in [-0.1, -0.05) is 0 Å². The van der Waals surface area contributed by atoms with Crippen molar-refractivity contribution in [2.24, 2.45) is 5.73 Å². The van der Waals surface area contributed by atoms with Gasteiger partial charge in [-0.25, -0.2) is 4.68 Å². The van der Waals surface area contributed by atoms with E-state index in [-0.39, 0.29) is 0 Å². The summed E-state index contributed by atoms with van der Waals surface area (Å²) in [5.41, 5.74) is 11.9. The summed E-state index contributed by atoms with van der Waals surface area (Å²) in [7, 11) is 0. The van der Waals surface area contributed by atoms with Gasteiger partial charge in [0.1, 0.15) is 12.1 Å². The summed E-state index contributed by atoms with van der Waals surface area (Å²) >= 11 is 0. The van der Waals surface area contributed by atoms with Gasteiger partial charge in [0.2, 0.25) is 0 Å². The molecule has 0 fully saturated rings. The Labute approximate surface area is 79.3 Å². The molecule has 2 rings (SSSR count). The Morgan fingerprint density at radius 2 is 2.21 bits per heavy atom. The first-order valence-corrected chi connectivity index (χ1v) is 3.92. The van der Waals surface area contributed by atoms with Crippen molar-refractivity contribution in [3.05, 3.63) is 18.1 Å². The Morgan fingerprint density at radius 1 is 1.43 bits per heavy atom. The van der Waals surface area contributed by atoms with Crippen molar-refractivity contribution in [2.45, 2.75) is 6.54 Å². The van der Waals surface area contributed by atoms with E-state index in [1.54, 1.807) is 6.20 Å². The van der Waals surface area contributed by atoms with E-state index in [1.165, 1.54) is 15.7 Å². The highest BCUT2D eigenvalue weighted by Crippen LogP contribution is 2.13. The Kier molecular flexibility index (Phi) is 1.82. The third-order valence-electron chi connectivity index (χ3n) is 1.85. The number of anilines is 1. The van der Waals surface area contributed by atoms with E-state index >= 15 is 0 Å². The number of hydrogen-bond acceptors (Lipinski definition) is 6. The second-order valence-electron chi connectivity index (χ2n) is 2.71. The average molecular weight is 194 g/mol. The molecule has 74 valence electrons. The molecule has 0 atom stereocenters. The van der Waals surface area contributed by atoms with Crippen molar-refractivity contribution in [3.63, 3.8) is 0 Å². The van der Waals surface area contributed by atoms with Gasteiger partial charge in [0.25, 0.3) is 5.95 Å². The van der Waals surface area contributed by atoms with E-state index in [1.807, 2.05) is 0 Å². The van der Waals surface area contributed by atoms with Gasteiger partial charge >= 0.3 is 0 Å². The van der Waals surface area contributed by atoms with Gasteiger partial charge in [0.05, 0.1) is 6.20 Å². The second-order valence-corrected chi connectivity index (χ2v) is 2.71. The van der Waals surface area contributed by atoms with Gasteiger partial charge in [0, 0.05) is 12.1 Å². The normalized spacial score (nSPS) is 10.6. The summed E-state index contributed by atoms with van der Waals surface area (Å²) in [4.78, 5) is 0. The zero-order valence-corrected chi connectivity index (χ0v) is 7.33. The summed E-state index contributed by atoms with van der Waals surface area (Å²) in [5.74, 6) is 6.31. The van der Waals surface area contributed by atoms with Gasteiger partial charge in [-0.2, -0.15) is 9.78 Å². The summed E-state index contributed by atoms with van der Waals surface area (Å²) in [5, 5.41) is 11.4. The molecule has 14 heavy (non-hydrogen) atoms. The summed E-state index contributed by atoms with van der Waals surface area (Å²) in [6, 6.07) is 0. The molecular weight excluding hydrogens is 184 g/mol. The molecule has 0 aliphatic heterocycles. The number of hydrogen-bond donors (Lipinski definition) is 3. The smallest absolute Gasteiger partial charge is 0.272 e. The Balaban J connectivity index is 2.52. The summed E-state index contributed by atoms with van der Waals surface area (Å²) in [6.07, 6.45) is 2.93. The highest BCUT2D eigenvalue weighted by atomic mass is 15.5. The number of nitrogens with zero attached hydrogens (tertiary/aromatic N) is 5. The van der Waals surface area contributed by atoms with Crippen LogP contribution in [0.4, 0.5) is 5.82 Å². The third-order valence-corrected chi connectivity index (χ3v) is 1.85. The minimum absolute atomic E-state index is 0.324. The van der Waals surface area contributed by atoms with Crippen molar-refractivity contribution in [2.75, 3.05) is 11.6 Å². The fraction of sp³-hybridized carbons (Fsp3) is 0.167. The van der Waals surface area contributed by atoms with Crippen LogP contribution in [-0.4, -0.2) is 24.7 Å². The monoisotopic (exact) mass is 194 g/mol. The predicted molar refractivity (Wildman–Crippen MR) is 49.6 cm³/mol. The van der Waals surface area contributed by atoms with Gasteiger partial charge in [-0.15, -0.1) is 10.2 Å². The first kappa shape index (κ1) is 8.51. The lowest BCUT2D eigenvalue weighted by Crippen LogP contribution is -2.16. The molecule has 0 saturated carbocycles. The van der Waals surface area contributed by atoms with Gasteiger partial charge in [-0.3, -0.25) is 0 Å². The summed E-state index contributed by atoms with van der Waals surface area (Å²) in [6.45, 7) is 0.324. The lowest BCUT2D eigenvalue weighted by molar-refractivity contribution is 0.778. The molecule has 0 amide bonds. The molecule has 8 heteroatoms. The van der Waals surface area contributed by atoms with Crippen molar-refractivity contribution in [1.29, 1.82) is 0 Å². The van der Waals surface area contributed by atoms with Crippen LogP contribution < -0.4 is 17.3 Å². The second kappa shape index (κ2) is 3.00. The largest absolute Gasteiger partial charge is 0.383 e. The average Bonchev–Trinajstić information content (AvgIpc) is 2.72. The molecule has 8 nitrogen and oxygen atoms in total. The molecule has 0 spiro atoms. The Hall–Kier alpha value is -2.09. The van der Waals surface area contributed by atoms with Crippen LogP contribution in [-0.2, 0) is 6.54 Å². The van der Waals surface area contributed by atoms with E-state index in [2.05, 4.69) is 15.3 Å². The lowest BCUT2D eigenvalue weighted by Gasteiger charge is -2.02. The topological polar surface area (TPSA) is 127 Å². The van der Waals surface area contributed by atoms with E-state index in [0.29, 0.717) is 18.3 Å². The van der Waals surface area contributed by atoms with Crippen molar-refractivity contribution in [3.8, 4) is 5.95 Å². The SMILES string of the molecule is NCc1cnn(-c2nncn2N)c1N. The highest BCUT2D eigenvalue weighted by Gasteiger charge is 2.11. The molecule has 0 bridgehead atoms. The maximum absolute atomic E-state index is 5.76. The molecule has 0 aliphatic rings. The van der Waals surface area contributed by atoms with Gasteiger partial charge < -0.3 is 17.3 Å². The Morgan fingerprint density at radius 3 is 2.71 bits per heavy atom. The molecule has 0 saturated heterocycles. The first-order chi connectivity index (χ1) is 6.74. The van der Waals surface area contributed by atoms with Crippen LogP contribution in [0.3, 0.4) is 0 Å². The fourth-order valence-corrected chi connectivity index (χ4v) is 1.10. The van der Waals surface area contributed by atoms with Crippen LogP contribution >= 0.6 is 0 Å². The number of nitrogens with two attached hydrogens (primary N) is 3. The first-order valence-electron chi connectivity index (χ1n) is 3.92. The minimum Gasteiger partial charge on any atom is -0.383 e. The van der Waals surface area contributed by atoms with Gasteiger partial charge in [0.15, 0.2) is 0 Å². The zero-order chi connectivity index (χ0) is 10.1. The van der Waals surface area contributed by atoms with Crippen molar-refractivity contribution >= 4 is 5.82 Å². The van der Waals surface area contributed by atoms with E-state index in [9.17, 15) is 0 Å². The minimum atomic E-state index is 0.324. The zero-order valence-electron chi connectivity index (χ0n) is 7.33. The van der Waals surface area contributed by atoms with E-state index in [0.717, 1.165) is 5.56 Å². The summed E-state index contributed by atoms with van der Waals surface area (Å²) < 4.78 is 2.61. The van der Waals surface area contributed by atoms with E-state index < -0.39 is 0 Å². The molecule has 6 N–H and O–H groups in total. The molecule has 2 aromatic rings. The van der Waals surface area contributed by atoms with Crippen LogP contribution in [0.5, 0.6) is 0 Å². The Bertz CT molecular complexity index is 440. The van der Waals surface area contributed by atoms with Crippen LogP contribution in [0.2, 0.25) is 0 Å². The molecule has 0 unspecified atom stereocenters. The quantitative estimate of drug-likeness (QED) is 0.485. The fourth-order valence-electron chi connectivity index (χ4n) is 1.10. The molecule has 0 aliphatic carbocycles.